The van der Waals surface area contributed by atoms with Gasteiger partial charge in [0.25, 0.3) is 0 Å². The van der Waals surface area contributed by atoms with Crippen LogP contribution in [0.5, 0.6) is 0 Å². The molecule has 0 aromatic carbocycles. The van der Waals surface area contributed by atoms with E-state index >= 15 is 0 Å². The standard InChI is InChI=1S/C10H17N3O6/c11-8(14)3-7(9(15)16)13-10(17)12-4-6-5-18-1-2-19-6/h6-7H,1-5H2,(H2,11,14)(H,15,16)(H2,12,13,17)/t6?,7-/m0/s1. The molecule has 1 aliphatic rings. The third-order valence-corrected chi connectivity index (χ3v) is 2.38. The molecule has 0 bridgehead atoms. The predicted octanol–water partition coefficient (Wildman–Crippen LogP) is -1.97. The number of amides is 3. The van der Waals surface area contributed by atoms with Crippen LogP contribution in [-0.4, -0.2) is 61.5 Å². The van der Waals surface area contributed by atoms with Crippen LogP contribution in [0.1, 0.15) is 6.42 Å². The van der Waals surface area contributed by atoms with Crippen LogP contribution in [0.15, 0.2) is 0 Å². The number of nitrogens with two attached hydrogens (primary N) is 1. The molecule has 0 saturated carbocycles. The number of hydrogen-bond donors (Lipinski definition) is 4. The minimum absolute atomic E-state index is 0.189. The summed E-state index contributed by atoms with van der Waals surface area (Å²) < 4.78 is 10.4. The molecule has 3 amide bonds. The zero-order chi connectivity index (χ0) is 14.3. The normalized spacial score (nSPS) is 20.3. The molecule has 108 valence electrons. The second-order valence-electron chi connectivity index (χ2n) is 3.98. The van der Waals surface area contributed by atoms with Crippen LogP contribution in [0.4, 0.5) is 4.79 Å². The Balaban J connectivity index is 2.31. The van der Waals surface area contributed by atoms with Gasteiger partial charge in [-0.25, -0.2) is 9.59 Å². The smallest absolute Gasteiger partial charge is 0.326 e. The predicted molar refractivity (Wildman–Crippen MR) is 62.3 cm³/mol. The molecule has 1 aliphatic heterocycles. The van der Waals surface area contributed by atoms with E-state index < -0.39 is 30.4 Å². The fraction of sp³-hybridized carbons (Fsp3) is 0.700. The second-order valence-corrected chi connectivity index (χ2v) is 3.98. The zero-order valence-corrected chi connectivity index (χ0v) is 10.3. The lowest BCUT2D eigenvalue weighted by molar-refractivity contribution is -0.140. The van der Waals surface area contributed by atoms with Crippen LogP contribution in [0, 0.1) is 0 Å². The van der Waals surface area contributed by atoms with Gasteiger partial charge in [0, 0.05) is 6.54 Å². The van der Waals surface area contributed by atoms with Crippen LogP contribution in [-0.2, 0) is 19.1 Å². The highest BCUT2D eigenvalue weighted by atomic mass is 16.6. The maximum Gasteiger partial charge on any atom is 0.326 e. The molecular weight excluding hydrogens is 258 g/mol. The van der Waals surface area contributed by atoms with Crippen LogP contribution < -0.4 is 16.4 Å². The number of carbonyl (C=O) groups excluding carboxylic acids is 2. The average Bonchev–Trinajstić information content (AvgIpc) is 2.36. The molecule has 5 N–H and O–H groups in total. The monoisotopic (exact) mass is 275 g/mol. The number of ether oxygens (including phenoxy) is 2. The van der Waals surface area contributed by atoms with Crippen molar-refractivity contribution in [1.29, 1.82) is 0 Å². The summed E-state index contributed by atoms with van der Waals surface area (Å²) in [6, 6.07) is -2.05. The Labute approximate surface area is 109 Å². The molecule has 1 saturated heterocycles. The SMILES string of the molecule is NC(=O)C[C@H](NC(=O)NCC1COCCO1)C(=O)O. The van der Waals surface area contributed by atoms with Crippen molar-refractivity contribution in [2.24, 2.45) is 5.73 Å². The van der Waals surface area contributed by atoms with Crippen molar-refractivity contribution in [2.45, 2.75) is 18.6 Å². The lowest BCUT2D eigenvalue weighted by Crippen LogP contribution is -2.50. The number of urea groups is 1. The minimum Gasteiger partial charge on any atom is -0.480 e. The van der Waals surface area contributed by atoms with E-state index in [4.69, 9.17) is 20.3 Å². The molecule has 1 unspecified atom stereocenters. The molecule has 9 nitrogen and oxygen atoms in total. The highest BCUT2D eigenvalue weighted by Gasteiger charge is 2.22. The van der Waals surface area contributed by atoms with Gasteiger partial charge in [-0.15, -0.1) is 0 Å². The first-order valence-electron chi connectivity index (χ1n) is 5.74. The van der Waals surface area contributed by atoms with Gasteiger partial charge in [0.15, 0.2) is 0 Å². The second kappa shape index (κ2) is 7.54. The maximum absolute atomic E-state index is 11.4. The summed E-state index contributed by atoms with van der Waals surface area (Å²) in [5.41, 5.74) is 4.89. The van der Waals surface area contributed by atoms with Crippen LogP contribution >= 0.6 is 0 Å². The fourth-order valence-electron chi connectivity index (χ4n) is 1.47. The Hall–Kier alpha value is -1.87. The average molecular weight is 275 g/mol. The third-order valence-electron chi connectivity index (χ3n) is 2.38. The summed E-state index contributed by atoms with van der Waals surface area (Å²) in [7, 11) is 0. The number of nitrogens with one attached hydrogen (secondary N) is 2. The van der Waals surface area contributed by atoms with Gasteiger partial charge in [-0.1, -0.05) is 0 Å². The molecule has 0 spiro atoms. The van der Waals surface area contributed by atoms with Gasteiger partial charge >= 0.3 is 12.0 Å². The van der Waals surface area contributed by atoms with E-state index in [-0.39, 0.29) is 12.6 Å². The molecule has 1 rings (SSSR count). The first-order chi connectivity index (χ1) is 8.99. The highest BCUT2D eigenvalue weighted by Crippen LogP contribution is 1.99. The molecule has 0 aliphatic carbocycles. The molecule has 1 fully saturated rings. The van der Waals surface area contributed by atoms with Gasteiger partial charge in [-0.3, -0.25) is 4.79 Å². The number of aliphatic carboxylic acids is 1. The molecule has 0 aromatic rings. The number of rotatable bonds is 6. The number of primary amides is 1. The number of carboxylic acids is 1. The Morgan fingerprint density at radius 1 is 1.37 bits per heavy atom. The van der Waals surface area contributed by atoms with Gasteiger partial charge in [-0.2, -0.15) is 0 Å². The van der Waals surface area contributed by atoms with Crippen molar-refractivity contribution in [1.82, 2.24) is 10.6 Å². The van der Waals surface area contributed by atoms with E-state index in [1.54, 1.807) is 0 Å². The number of hydrogen-bond acceptors (Lipinski definition) is 5. The van der Waals surface area contributed by atoms with Gasteiger partial charge in [0.2, 0.25) is 5.91 Å². The van der Waals surface area contributed by atoms with E-state index in [9.17, 15) is 14.4 Å². The highest BCUT2D eigenvalue weighted by molar-refractivity contribution is 5.87. The van der Waals surface area contributed by atoms with E-state index in [1.165, 1.54) is 0 Å². The van der Waals surface area contributed by atoms with Gasteiger partial charge in [0.05, 0.1) is 32.3 Å². The van der Waals surface area contributed by atoms with Gasteiger partial charge in [-0.05, 0) is 0 Å². The Bertz CT molecular complexity index is 342. The quantitative estimate of drug-likeness (QED) is 0.443. The van der Waals surface area contributed by atoms with Crippen molar-refractivity contribution < 1.29 is 29.0 Å². The largest absolute Gasteiger partial charge is 0.480 e. The molecule has 1 heterocycles. The lowest BCUT2D eigenvalue weighted by atomic mass is 10.2. The molecule has 0 aromatic heterocycles. The van der Waals surface area contributed by atoms with Crippen molar-refractivity contribution in [2.75, 3.05) is 26.4 Å². The number of carbonyl (C=O) groups is 3. The minimum atomic E-state index is -1.35. The summed E-state index contributed by atoms with van der Waals surface area (Å²) in [4.78, 5) is 32.9. The van der Waals surface area contributed by atoms with Gasteiger partial charge < -0.3 is 30.9 Å². The maximum atomic E-state index is 11.4. The molecule has 9 heteroatoms. The molecular formula is C10H17N3O6. The topological polar surface area (TPSA) is 140 Å². The third kappa shape index (κ3) is 6.02. The Morgan fingerprint density at radius 3 is 2.63 bits per heavy atom. The number of carboxylic acid groups (broad SMARTS) is 1. The Morgan fingerprint density at radius 2 is 2.11 bits per heavy atom. The van der Waals surface area contributed by atoms with E-state index in [0.29, 0.717) is 19.8 Å². The molecule has 2 atom stereocenters. The van der Waals surface area contributed by atoms with Crippen LogP contribution in [0.25, 0.3) is 0 Å². The van der Waals surface area contributed by atoms with Crippen LogP contribution in [0.3, 0.4) is 0 Å². The van der Waals surface area contributed by atoms with Crippen molar-refractivity contribution in [3.63, 3.8) is 0 Å². The van der Waals surface area contributed by atoms with E-state index in [2.05, 4.69) is 10.6 Å². The van der Waals surface area contributed by atoms with Crippen LogP contribution in [0.2, 0.25) is 0 Å². The first-order valence-corrected chi connectivity index (χ1v) is 5.74. The first kappa shape index (κ1) is 15.2. The summed E-state index contributed by atoms with van der Waals surface area (Å²) in [6.45, 7) is 1.52. The van der Waals surface area contributed by atoms with E-state index in [0.717, 1.165) is 0 Å². The Kier molecular flexibility index (Phi) is 6.03. The summed E-state index contributed by atoms with van der Waals surface area (Å²) in [5.74, 6) is -2.14. The molecule has 19 heavy (non-hydrogen) atoms. The summed E-state index contributed by atoms with van der Waals surface area (Å²) in [5, 5.41) is 13.4. The summed E-state index contributed by atoms with van der Waals surface area (Å²) in [6.07, 6.45) is -0.731. The van der Waals surface area contributed by atoms with Crippen molar-refractivity contribution >= 4 is 17.9 Å². The summed E-state index contributed by atoms with van der Waals surface area (Å²) >= 11 is 0. The zero-order valence-electron chi connectivity index (χ0n) is 10.3. The van der Waals surface area contributed by atoms with Crippen molar-refractivity contribution in [3.8, 4) is 0 Å². The molecule has 0 radical (unpaired) electrons. The van der Waals surface area contributed by atoms with Crippen molar-refractivity contribution in [3.05, 3.63) is 0 Å². The van der Waals surface area contributed by atoms with Gasteiger partial charge in [0.1, 0.15) is 6.04 Å². The lowest BCUT2D eigenvalue weighted by Gasteiger charge is -2.23. The van der Waals surface area contributed by atoms with E-state index in [1.807, 2.05) is 0 Å². The fourth-order valence-corrected chi connectivity index (χ4v) is 1.47.